The molecule has 0 fully saturated rings. The molecule has 2 aromatic heterocycles. The number of para-hydroxylation sites is 1. The van der Waals surface area contributed by atoms with E-state index in [-0.39, 0.29) is 0 Å². The molecular weight excluding hydrogens is 294 g/mol. The first kappa shape index (κ1) is 13.3. The molecule has 5 rings (SSSR count). The Kier molecular flexibility index (Phi) is 2.71. The molecule has 0 aliphatic heterocycles. The molecule has 2 heterocycles. The highest BCUT2D eigenvalue weighted by atomic mass is 15.2. The van der Waals surface area contributed by atoms with Crippen LogP contribution in [-0.2, 0) is 0 Å². The second kappa shape index (κ2) is 4.90. The van der Waals surface area contributed by atoms with Crippen molar-refractivity contribution < 1.29 is 0 Å². The molecular formula is C21H15N3. The first-order valence-electron chi connectivity index (χ1n) is 8.04. The van der Waals surface area contributed by atoms with Gasteiger partial charge in [0.05, 0.1) is 5.52 Å². The Bertz CT molecular complexity index is 1200. The molecule has 3 nitrogen and oxygen atoms in total. The van der Waals surface area contributed by atoms with Crippen LogP contribution in [0.4, 0.5) is 0 Å². The maximum atomic E-state index is 4.51. The van der Waals surface area contributed by atoms with Gasteiger partial charge in [-0.15, -0.1) is 10.2 Å². The van der Waals surface area contributed by atoms with Crippen molar-refractivity contribution >= 4 is 27.3 Å². The zero-order chi connectivity index (χ0) is 16.1. The van der Waals surface area contributed by atoms with Crippen LogP contribution in [0.1, 0.15) is 5.56 Å². The van der Waals surface area contributed by atoms with Crippen LogP contribution in [0.25, 0.3) is 38.7 Å². The lowest BCUT2D eigenvalue weighted by atomic mass is 10.1. The van der Waals surface area contributed by atoms with E-state index in [4.69, 9.17) is 0 Å². The summed E-state index contributed by atoms with van der Waals surface area (Å²) in [5.41, 5.74) is 4.35. The number of aromatic nitrogens is 3. The van der Waals surface area contributed by atoms with Gasteiger partial charge in [-0.2, -0.15) is 0 Å². The Morgan fingerprint density at radius 2 is 1.33 bits per heavy atom. The third kappa shape index (κ3) is 1.78. The number of benzene rings is 3. The number of pyridine rings is 1. The van der Waals surface area contributed by atoms with Gasteiger partial charge >= 0.3 is 0 Å². The van der Waals surface area contributed by atoms with E-state index in [1.165, 1.54) is 16.3 Å². The smallest absolute Gasteiger partial charge is 0.169 e. The number of hydrogen-bond donors (Lipinski definition) is 0. The van der Waals surface area contributed by atoms with E-state index in [9.17, 15) is 0 Å². The summed E-state index contributed by atoms with van der Waals surface area (Å²) in [6.07, 6.45) is 0. The van der Waals surface area contributed by atoms with Crippen LogP contribution in [0.15, 0.2) is 72.8 Å². The van der Waals surface area contributed by atoms with E-state index >= 15 is 0 Å². The van der Waals surface area contributed by atoms with Gasteiger partial charge in [0.15, 0.2) is 11.5 Å². The van der Waals surface area contributed by atoms with Crippen LogP contribution in [-0.4, -0.2) is 14.6 Å². The first-order valence-corrected chi connectivity index (χ1v) is 8.04. The predicted octanol–water partition coefficient (Wildman–Crippen LogP) is 5.01. The molecule has 0 radical (unpaired) electrons. The summed E-state index contributed by atoms with van der Waals surface area (Å²) in [6.45, 7) is 2.09. The van der Waals surface area contributed by atoms with E-state index in [2.05, 4.69) is 94.3 Å². The molecule has 0 aliphatic rings. The van der Waals surface area contributed by atoms with Crippen molar-refractivity contribution in [2.75, 3.05) is 0 Å². The van der Waals surface area contributed by atoms with Crippen molar-refractivity contribution in [3.8, 4) is 11.4 Å². The molecule has 0 saturated carbocycles. The molecule has 0 unspecified atom stereocenters. The van der Waals surface area contributed by atoms with E-state index in [1.54, 1.807) is 0 Å². The molecule has 0 N–H and O–H groups in total. The van der Waals surface area contributed by atoms with Crippen LogP contribution in [0, 0.1) is 6.92 Å². The van der Waals surface area contributed by atoms with Crippen molar-refractivity contribution in [1.82, 2.24) is 14.6 Å². The molecule has 0 spiro atoms. The Hall–Kier alpha value is -3.20. The van der Waals surface area contributed by atoms with Crippen molar-refractivity contribution in [3.63, 3.8) is 0 Å². The maximum absolute atomic E-state index is 4.51. The normalized spacial score (nSPS) is 11.5. The zero-order valence-electron chi connectivity index (χ0n) is 13.3. The van der Waals surface area contributed by atoms with Gasteiger partial charge < -0.3 is 0 Å². The molecule has 5 aromatic rings. The topological polar surface area (TPSA) is 30.2 Å². The molecule has 3 aromatic carbocycles. The average molecular weight is 309 g/mol. The summed E-state index contributed by atoms with van der Waals surface area (Å²) in [5, 5.41) is 12.6. The minimum absolute atomic E-state index is 0.881. The van der Waals surface area contributed by atoms with Gasteiger partial charge in [-0.1, -0.05) is 72.3 Å². The molecule has 114 valence electrons. The standard InChI is InChI=1S/C21H15N3/c1-14-10-12-15(13-11-14)20-22-23-21-18-8-3-2-6-16(18)17-7-4-5-9-19(17)24(20)21/h2-13H,1H3. The third-order valence-corrected chi connectivity index (χ3v) is 4.58. The minimum Gasteiger partial charge on any atom is -0.274 e. The van der Waals surface area contributed by atoms with Crippen LogP contribution < -0.4 is 0 Å². The lowest BCUT2D eigenvalue weighted by Gasteiger charge is -2.09. The van der Waals surface area contributed by atoms with Crippen LogP contribution in [0.3, 0.4) is 0 Å². The number of hydrogen-bond acceptors (Lipinski definition) is 2. The SMILES string of the molecule is Cc1ccc(-c2nnc3c4ccccc4c4ccccc4n23)cc1. The second-order valence-electron chi connectivity index (χ2n) is 6.11. The highest BCUT2D eigenvalue weighted by molar-refractivity contribution is 6.12. The molecule has 3 heteroatoms. The molecule has 0 amide bonds. The molecule has 24 heavy (non-hydrogen) atoms. The summed E-state index contributed by atoms with van der Waals surface area (Å²) in [6, 6.07) is 25.3. The summed E-state index contributed by atoms with van der Waals surface area (Å²) < 4.78 is 2.17. The number of nitrogens with zero attached hydrogens (tertiary/aromatic N) is 3. The van der Waals surface area contributed by atoms with Crippen molar-refractivity contribution in [3.05, 3.63) is 78.4 Å². The number of rotatable bonds is 1. The third-order valence-electron chi connectivity index (χ3n) is 4.58. The van der Waals surface area contributed by atoms with Crippen LogP contribution >= 0.6 is 0 Å². The van der Waals surface area contributed by atoms with Gasteiger partial charge in [0.25, 0.3) is 0 Å². The molecule has 0 atom stereocenters. The second-order valence-corrected chi connectivity index (χ2v) is 6.11. The van der Waals surface area contributed by atoms with Gasteiger partial charge in [0, 0.05) is 16.3 Å². The fourth-order valence-corrected chi connectivity index (χ4v) is 3.39. The monoisotopic (exact) mass is 309 g/mol. The van der Waals surface area contributed by atoms with Gasteiger partial charge in [-0.3, -0.25) is 4.40 Å². The van der Waals surface area contributed by atoms with E-state index in [0.29, 0.717) is 0 Å². The number of fused-ring (bicyclic) bond motifs is 6. The highest BCUT2D eigenvalue weighted by Crippen LogP contribution is 2.31. The fourth-order valence-electron chi connectivity index (χ4n) is 3.39. The lowest BCUT2D eigenvalue weighted by molar-refractivity contribution is 1.12. The van der Waals surface area contributed by atoms with Crippen molar-refractivity contribution in [2.24, 2.45) is 0 Å². The Morgan fingerprint density at radius 3 is 2.12 bits per heavy atom. The first-order chi connectivity index (χ1) is 11.8. The van der Waals surface area contributed by atoms with Gasteiger partial charge in [-0.25, -0.2) is 0 Å². The van der Waals surface area contributed by atoms with E-state index in [0.717, 1.165) is 27.9 Å². The van der Waals surface area contributed by atoms with Crippen molar-refractivity contribution in [2.45, 2.75) is 6.92 Å². The summed E-state index contributed by atoms with van der Waals surface area (Å²) in [5.74, 6) is 0.881. The molecule has 0 bridgehead atoms. The van der Waals surface area contributed by atoms with Crippen LogP contribution in [0.2, 0.25) is 0 Å². The Balaban J connectivity index is 2.00. The van der Waals surface area contributed by atoms with Crippen molar-refractivity contribution in [1.29, 1.82) is 0 Å². The summed E-state index contributed by atoms with van der Waals surface area (Å²) >= 11 is 0. The van der Waals surface area contributed by atoms with Gasteiger partial charge in [0.1, 0.15) is 0 Å². The Labute approximate surface area is 139 Å². The van der Waals surface area contributed by atoms with E-state index < -0.39 is 0 Å². The van der Waals surface area contributed by atoms with Gasteiger partial charge in [-0.05, 0) is 18.4 Å². The zero-order valence-corrected chi connectivity index (χ0v) is 13.3. The molecule has 0 saturated heterocycles. The largest absolute Gasteiger partial charge is 0.274 e. The highest BCUT2D eigenvalue weighted by Gasteiger charge is 2.14. The average Bonchev–Trinajstić information content (AvgIpc) is 3.08. The van der Waals surface area contributed by atoms with E-state index in [1.807, 2.05) is 0 Å². The quantitative estimate of drug-likeness (QED) is 0.407. The number of aryl methyl sites for hydroxylation is 1. The summed E-state index contributed by atoms with van der Waals surface area (Å²) in [7, 11) is 0. The minimum atomic E-state index is 0.881. The lowest BCUT2D eigenvalue weighted by Crippen LogP contribution is -1.94. The predicted molar refractivity (Wildman–Crippen MR) is 98.2 cm³/mol. The van der Waals surface area contributed by atoms with Crippen LogP contribution in [0.5, 0.6) is 0 Å². The molecule has 0 aliphatic carbocycles. The maximum Gasteiger partial charge on any atom is 0.169 e. The summed E-state index contributed by atoms with van der Waals surface area (Å²) in [4.78, 5) is 0. The Morgan fingerprint density at radius 1 is 0.667 bits per heavy atom. The van der Waals surface area contributed by atoms with Gasteiger partial charge in [0.2, 0.25) is 0 Å². The fraction of sp³-hybridized carbons (Fsp3) is 0.0476.